The number of aryl methyl sites for hydroxylation is 2. The number of nitrogens with zero attached hydrogens (tertiary/aromatic N) is 2. The first-order valence-electron chi connectivity index (χ1n) is 8.53. The van der Waals surface area contributed by atoms with E-state index in [1.54, 1.807) is 25.3 Å². The number of aliphatic imine (C=N–C) groups is 1. The minimum absolute atomic E-state index is 0.362. The molecule has 0 aliphatic carbocycles. The summed E-state index contributed by atoms with van der Waals surface area (Å²) < 4.78 is 23.4. The van der Waals surface area contributed by atoms with Gasteiger partial charge in [-0.2, -0.15) is 0 Å². The van der Waals surface area contributed by atoms with Crippen LogP contribution in [0, 0.1) is 13.8 Å². The van der Waals surface area contributed by atoms with Crippen LogP contribution in [-0.4, -0.2) is 32.2 Å². The Morgan fingerprint density at radius 2 is 1.92 bits per heavy atom. The number of guanidine groups is 1. The van der Waals surface area contributed by atoms with Gasteiger partial charge in [-0.3, -0.25) is 4.98 Å². The fourth-order valence-corrected chi connectivity index (χ4v) is 3.57. The van der Waals surface area contributed by atoms with E-state index in [1.807, 2.05) is 32.0 Å². The molecule has 2 N–H and O–H groups in total. The highest BCUT2D eigenvalue weighted by Crippen LogP contribution is 2.17. The highest BCUT2D eigenvalue weighted by Gasteiger charge is 2.10. The zero-order valence-corrected chi connectivity index (χ0v) is 16.5. The second kappa shape index (κ2) is 8.80. The van der Waals surface area contributed by atoms with Gasteiger partial charge in [-0.25, -0.2) is 13.4 Å². The molecule has 26 heavy (non-hydrogen) atoms. The van der Waals surface area contributed by atoms with Gasteiger partial charge in [-0.1, -0.05) is 18.2 Å². The van der Waals surface area contributed by atoms with Gasteiger partial charge in [0.1, 0.15) is 0 Å². The Hall–Kier alpha value is -2.41. The molecular formula is C19H26N4O2S. The summed E-state index contributed by atoms with van der Waals surface area (Å²) in [4.78, 5) is 9.31. The summed E-state index contributed by atoms with van der Waals surface area (Å²) in [6.07, 6.45) is 3.00. The van der Waals surface area contributed by atoms with Crippen molar-refractivity contribution in [3.05, 3.63) is 58.9 Å². The smallest absolute Gasteiger partial charge is 0.191 e. The van der Waals surface area contributed by atoms with Crippen LogP contribution < -0.4 is 10.6 Å². The molecule has 0 saturated carbocycles. The molecule has 1 aromatic carbocycles. The van der Waals surface area contributed by atoms with E-state index in [0.29, 0.717) is 23.9 Å². The summed E-state index contributed by atoms with van der Waals surface area (Å²) in [5.41, 5.74) is 3.80. The molecule has 0 spiro atoms. The Kier molecular flexibility index (Phi) is 6.74. The first kappa shape index (κ1) is 19.9. The Bertz CT molecular complexity index is 892. The molecule has 1 heterocycles. The van der Waals surface area contributed by atoms with E-state index in [-0.39, 0.29) is 0 Å². The van der Waals surface area contributed by atoms with Gasteiger partial charge in [-0.15, -0.1) is 0 Å². The van der Waals surface area contributed by atoms with E-state index in [1.165, 1.54) is 6.26 Å². The van der Waals surface area contributed by atoms with E-state index >= 15 is 0 Å². The van der Waals surface area contributed by atoms with Crippen LogP contribution in [0.4, 0.5) is 0 Å². The van der Waals surface area contributed by atoms with Crippen molar-refractivity contribution in [3.8, 4) is 0 Å². The third kappa shape index (κ3) is 5.56. The van der Waals surface area contributed by atoms with Crippen LogP contribution in [0.25, 0.3) is 0 Å². The molecule has 0 radical (unpaired) electrons. The summed E-state index contributed by atoms with van der Waals surface area (Å²) in [6, 6.07) is 9.26. The van der Waals surface area contributed by atoms with Crippen LogP contribution in [0.15, 0.2) is 46.4 Å². The molecule has 1 aromatic heterocycles. The van der Waals surface area contributed by atoms with Crippen molar-refractivity contribution in [2.75, 3.05) is 12.8 Å². The number of pyridine rings is 1. The minimum Gasteiger partial charge on any atom is -0.357 e. The van der Waals surface area contributed by atoms with E-state index in [9.17, 15) is 8.42 Å². The molecule has 0 amide bonds. The summed E-state index contributed by atoms with van der Waals surface area (Å²) >= 11 is 0. The lowest BCUT2D eigenvalue weighted by Crippen LogP contribution is -2.37. The van der Waals surface area contributed by atoms with Crippen molar-refractivity contribution in [1.29, 1.82) is 0 Å². The third-order valence-electron chi connectivity index (χ3n) is 3.94. The van der Waals surface area contributed by atoms with Gasteiger partial charge in [0.05, 0.1) is 23.7 Å². The lowest BCUT2D eigenvalue weighted by Gasteiger charge is -2.12. The van der Waals surface area contributed by atoms with Crippen molar-refractivity contribution in [2.45, 2.75) is 38.8 Å². The third-order valence-corrected chi connectivity index (χ3v) is 5.20. The van der Waals surface area contributed by atoms with Crippen molar-refractivity contribution >= 4 is 15.8 Å². The normalized spacial score (nSPS) is 12.1. The molecular weight excluding hydrogens is 348 g/mol. The van der Waals surface area contributed by atoms with Crippen molar-refractivity contribution < 1.29 is 8.42 Å². The average molecular weight is 375 g/mol. The number of sulfone groups is 1. The molecule has 0 fully saturated rings. The van der Waals surface area contributed by atoms with Crippen molar-refractivity contribution in [3.63, 3.8) is 0 Å². The molecule has 0 atom stereocenters. The number of aromatic nitrogens is 1. The number of rotatable bonds is 6. The number of hydrogen-bond donors (Lipinski definition) is 2. The Morgan fingerprint density at radius 1 is 1.15 bits per heavy atom. The van der Waals surface area contributed by atoms with Crippen LogP contribution in [0.3, 0.4) is 0 Å². The maximum Gasteiger partial charge on any atom is 0.191 e. The molecule has 2 rings (SSSR count). The predicted octanol–water partition coefficient (Wildman–Crippen LogP) is 2.36. The number of benzene rings is 1. The monoisotopic (exact) mass is 374 g/mol. The number of nitrogens with one attached hydrogen (secondary N) is 2. The molecule has 0 aliphatic heterocycles. The summed E-state index contributed by atoms with van der Waals surface area (Å²) in [7, 11) is -3.20. The Balaban J connectivity index is 2.09. The molecule has 6 nitrogen and oxygen atoms in total. The van der Waals surface area contributed by atoms with E-state index in [2.05, 4.69) is 20.6 Å². The van der Waals surface area contributed by atoms with Crippen molar-refractivity contribution in [1.82, 2.24) is 15.6 Å². The highest BCUT2D eigenvalue weighted by molar-refractivity contribution is 7.90. The van der Waals surface area contributed by atoms with Crippen LogP contribution in [0.2, 0.25) is 0 Å². The molecule has 0 saturated heterocycles. The molecule has 0 bridgehead atoms. The fraction of sp³-hybridized carbons (Fsp3) is 0.368. The SMILES string of the molecule is CCNC(=NCc1ccc(S(C)(=O)=O)c(C)c1)NCc1ncccc1C. The first-order valence-corrected chi connectivity index (χ1v) is 10.4. The van der Waals surface area contributed by atoms with Crippen LogP contribution in [0.1, 0.15) is 29.3 Å². The second-order valence-corrected chi connectivity index (χ2v) is 8.17. The summed E-state index contributed by atoms with van der Waals surface area (Å²) in [6.45, 7) is 7.64. The van der Waals surface area contributed by atoms with Crippen LogP contribution in [-0.2, 0) is 22.9 Å². The topological polar surface area (TPSA) is 83.5 Å². The van der Waals surface area contributed by atoms with Crippen molar-refractivity contribution in [2.24, 2.45) is 4.99 Å². The molecule has 140 valence electrons. The minimum atomic E-state index is -3.20. The lowest BCUT2D eigenvalue weighted by molar-refractivity contribution is 0.601. The van der Waals surface area contributed by atoms with Gasteiger partial charge in [-0.05, 0) is 49.6 Å². The molecule has 2 aromatic rings. The maximum absolute atomic E-state index is 11.7. The van der Waals surface area contributed by atoms with Gasteiger partial charge in [0, 0.05) is 19.0 Å². The van der Waals surface area contributed by atoms with E-state index < -0.39 is 9.84 Å². The van der Waals surface area contributed by atoms with Crippen LogP contribution >= 0.6 is 0 Å². The standard InChI is InChI=1S/C19H26N4O2S/c1-5-20-19(23-13-17-14(2)7-6-10-21-17)22-12-16-8-9-18(15(3)11-16)26(4,24)25/h6-11H,5,12-13H2,1-4H3,(H2,20,22,23). The van der Waals surface area contributed by atoms with Gasteiger partial charge in [0.2, 0.25) is 0 Å². The number of hydrogen-bond acceptors (Lipinski definition) is 4. The van der Waals surface area contributed by atoms with Gasteiger partial charge < -0.3 is 10.6 Å². The predicted molar refractivity (Wildman–Crippen MR) is 105 cm³/mol. The zero-order chi connectivity index (χ0) is 19.2. The largest absolute Gasteiger partial charge is 0.357 e. The van der Waals surface area contributed by atoms with Gasteiger partial charge in [0.15, 0.2) is 15.8 Å². The highest BCUT2D eigenvalue weighted by atomic mass is 32.2. The van der Waals surface area contributed by atoms with Gasteiger partial charge >= 0.3 is 0 Å². The summed E-state index contributed by atoms with van der Waals surface area (Å²) in [5.74, 6) is 0.697. The average Bonchev–Trinajstić information content (AvgIpc) is 2.57. The van der Waals surface area contributed by atoms with Crippen LogP contribution in [0.5, 0.6) is 0 Å². The molecule has 0 unspecified atom stereocenters. The Morgan fingerprint density at radius 3 is 2.54 bits per heavy atom. The lowest BCUT2D eigenvalue weighted by atomic mass is 10.1. The zero-order valence-electron chi connectivity index (χ0n) is 15.7. The summed E-state index contributed by atoms with van der Waals surface area (Å²) in [5, 5.41) is 6.49. The molecule has 0 aliphatic rings. The Labute approximate surface area is 155 Å². The van der Waals surface area contributed by atoms with E-state index in [4.69, 9.17) is 0 Å². The first-order chi connectivity index (χ1) is 12.3. The maximum atomic E-state index is 11.7. The fourth-order valence-electron chi connectivity index (χ4n) is 2.61. The quantitative estimate of drug-likeness (QED) is 0.599. The second-order valence-electron chi connectivity index (χ2n) is 6.19. The molecule has 7 heteroatoms. The van der Waals surface area contributed by atoms with Gasteiger partial charge in [0.25, 0.3) is 0 Å². The van der Waals surface area contributed by atoms with E-state index in [0.717, 1.165) is 28.9 Å².